The lowest BCUT2D eigenvalue weighted by molar-refractivity contribution is 0.415. The third-order valence-electron chi connectivity index (χ3n) is 6.88. The zero-order chi connectivity index (χ0) is 26.7. The third-order valence-corrected chi connectivity index (χ3v) is 6.88. The van der Waals surface area contributed by atoms with Crippen LogP contribution in [-0.2, 0) is 0 Å². The summed E-state index contributed by atoms with van der Waals surface area (Å²) in [7, 11) is 1.61. The number of ether oxygens (including phenoxy) is 1. The number of pyridine rings is 2. The highest BCUT2D eigenvalue weighted by atomic mass is 16.5. The number of phenols is 1. The minimum absolute atomic E-state index is 0.112. The molecule has 0 aliphatic carbocycles. The number of rotatable bonds is 1. The molecule has 0 atom stereocenters. The first-order valence-electron chi connectivity index (χ1n) is 12.2. The van der Waals surface area contributed by atoms with Crippen LogP contribution in [0.3, 0.4) is 0 Å². The fraction of sp³-hybridized carbons (Fsp3) is 0.0323. The molecule has 4 aromatic heterocycles. The lowest BCUT2D eigenvalue weighted by Crippen LogP contribution is -2.05. The Morgan fingerprint density at radius 1 is 0.615 bits per heavy atom. The number of hydrogen-bond acceptors (Lipinski definition) is 6. The molecular formula is C31H20N2O6. The van der Waals surface area contributed by atoms with Crippen LogP contribution in [0.4, 0.5) is 0 Å². The second-order valence-electron chi connectivity index (χ2n) is 9.15. The summed E-state index contributed by atoms with van der Waals surface area (Å²) in [5, 5.41) is 13.9. The molecule has 3 N–H and O–H groups in total. The number of nitrogens with one attached hydrogen (secondary N) is 2. The fourth-order valence-electron chi connectivity index (χ4n) is 5.04. The van der Waals surface area contributed by atoms with E-state index in [1.807, 2.05) is 54.6 Å². The second-order valence-corrected chi connectivity index (χ2v) is 9.15. The van der Waals surface area contributed by atoms with E-state index in [2.05, 4.69) is 9.97 Å². The van der Waals surface area contributed by atoms with Gasteiger partial charge in [0, 0.05) is 21.5 Å². The molecule has 0 bridgehead atoms. The lowest BCUT2D eigenvalue weighted by atomic mass is 10.1. The van der Waals surface area contributed by atoms with Gasteiger partial charge in [0.15, 0.2) is 11.2 Å². The molecule has 8 rings (SSSR count). The van der Waals surface area contributed by atoms with Crippen LogP contribution in [0.15, 0.2) is 103 Å². The summed E-state index contributed by atoms with van der Waals surface area (Å²) in [5.74, 6) is 0.874. The monoisotopic (exact) mass is 516 g/mol. The van der Waals surface area contributed by atoms with E-state index in [0.29, 0.717) is 43.9 Å². The van der Waals surface area contributed by atoms with Crippen molar-refractivity contribution in [2.75, 3.05) is 7.11 Å². The van der Waals surface area contributed by atoms with Crippen LogP contribution >= 0.6 is 0 Å². The average Bonchev–Trinajstić information content (AvgIpc) is 3.51. The van der Waals surface area contributed by atoms with Crippen molar-refractivity contribution in [3.05, 3.63) is 106 Å². The SMILES string of the molecule is COc1ccc2oc3c4ccccc4c(=O)[nH]c3c2c1.O=c1[nH]c2c3cc(O)ccc3oc2c2ccccc12. The predicted octanol–water partition coefficient (Wildman–Crippen LogP) is 6.57. The van der Waals surface area contributed by atoms with E-state index < -0.39 is 0 Å². The van der Waals surface area contributed by atoms with Gasteiger partial charge >= 0.3 is 0 Å². The molecule has 0 spiro atoms. The Hall–Kier alpha value is -5.50. The molecule has 0 fully saturated rings. The van der Waals surface area contributed by atoms with Crippen molar-refractivity contribution in [2.24, 2.45) is 0 Å². The Labute approximate surface area is 218 Å². The number of methoxy groups -OCH3 is 1. The summed E-state index contributed by atoms with van der Waals surface area (Å²) in [6.45, 7) is 0. The van der Waals surface area contributed by atoms with E-state index in [1.54, 1.807) is 37.4 Å². The smallest absolute Gasteiger partial charge is 0.256 e. The molecule has 8 nitrogen and oxygen atoms in total. The van der Waals surface area contributed by atoms with Gasteiger partial charge in [-0.3, -0.25) is 9.59 Å². The van der Waals surface area contributed by atoms with Gasteiger partial charge in [-0.1, -0.05) is 36.4 Å². The molecule has 0 amide bonds. The highest BCUT2D eigenvalue weighted by Gasteiger charge is 2.14. The summed E-state index contributed by atoms with van der Waals surface area (Å²) in [6, 6.07) is 25.1. The molecule has 0 radical (unpaired) electrons. The molecule has 8 heteroatoms. The van der Waals surface area contributed by atoms with Crippen molar-refractivity contribution in [3.63, 3.8) is 0 Å². The molecule has 0 aliphatic heterocycles. The van der Waals surface area contributed by atoms with Crippen LogP contribution in [-0.4, -0.2) is 22.2 Å². The van der Waals surface area contributed by atoms with Crippen molar-refractivity contribution in [2.45, 2.75) is 0 Å². The number of aromatic nitrogens is 2. The Kier molecular flexibility index (Phi) is 4.96. The van der Waals surface area contributed by atoms with Crippen LogP contribution in [0.2, 0.25) is 0 Å². The van der Waals surface area contributed by atoms with Gasteiger partial charge in [0.2, 0.25) is 0 Å². The van der Waals surface area contributed by atoms with E-state index >= 15 is 0 Å². The fourth-order valence-corrected chi connectivity index (χ4v) is 5.04. The zero-order valence-electron chi connectivity index (χ0n) is 20.6. The highest BCUT2D eigenvalue weighted by molar-refractivity contribution is 6.13. The first-order chi connectivity index (χ1) is 19.0. The molecule has 0 saturated heterocycles. The van der Waals surface area contributed by atoms with Crippen LogP contribution < -0.4 is 15.9 Å². The Morgan fingerprint density at radius 2 is 1.10 bits per heavy atom. The van der Waals surface area contributed by atoms with Crippen LogP contribution in [0.1, 0.15) is 0 Å². The zero-order valence-corrected chi connectivity index (χ0v) is 20.6. The lowest BCUT2D eigenvalue weighted by Gasteiger charge is -1.98. The van der Waals surface area contributed by atoms with Gasteiger partial charge < -0.3 is 28.6 Å². The number of hydrogen-bond donors (Lipinski definition) is 3. The number of furan rings is 2. The molecular weight excluding hydrogens is 496 g/mol. The molecule has 8 aromatic rings. The normalized spacial score (nSPS) is 11.5. The standard InChI is InChI=1S/C16H11NO3.C15H9NO3/c1-19-9-6-7-13-12(8-9)14-15(20-13)10-4-2-3-5-11(10)16(18)17-14;17-8-5-6-12-11(7-8)13-14(19-12)9-3-1-2-4-10(9)15(18)16-13/h2-8H,1H3,(H,17,18);1-7,17H,(H,16,18). The first kappa shape index (κ1) is 22.7. The maximum absolute atomic E-state index is 12.2. The van der Waals surface area contributed by atoms with Crippen molar-refractivity contribution in [1.82, 2.24) is 9.97 Å². The number of phenolic OH excluding ortho intramolecular Hbond substituents is 1. The van der Waals surface area contributed by atoms with Crippen molar-refractivity contribution in [1.29, 1.82) is 0 Å². The van der Waals surface area contributed by atoms with E-state index in [0.717, 1.165) is 27.5 Å². The highest BCUT2D eigenvalue weighted by Crippen LogP contribution is 2.34. The predicted molar refractivity (Wildman–Crippen MR) is 152 cm³/mol. The van der Waals surface area contributed by atoms with E-state index in [-0.39, 0.29) is 16.9 Å². The van der Waals surface area contributed by atoms with Gasteiger partial charge in [-0.25, -0.2) is 0 Å². The Balaban J connectivity index is 0.000000130. The summed E-state index contributed by atoms with van der Waals surface area (Å²) in [6.07, 6.45) is 0. The van der Waals surface area contributed by atoms with E-state index in [1.165, 1.54) is 0 Å². The molecule has 0 aliphatic rings. The van der Waals surface area contributed by atoms with Gasteiger partial charge in [-0.15, -0.1) is 0 Å². The van der Waals surface area contributed by atoms with Gasteiger partial charge in [-0.05, 0) is 48.5 Å². The molecule has 190 valence electrons. The number of benzene rings is 4. The minimum Gasteiger partial charge on any atom is -0.508 e. The summed E-state index contributed by atoms with van der Waals surface area (Å²) < 4.78 is 16.9. The third kappa shape index (κ3) is 3.53. The van der Waals surface area contributed by atoms with Crippen LogP contribution in [0.5, 0.6) is 11.5 Å². The van der Waals surface area contributed by atoms with Gasteiger partial charge in [-0.2, -0.15) is 0 Å². The topological polar surface area (TPSA) is 121 Å². The van der Waals surface area contributed by atoms with E-state index in [4.69, 9.17) is 13.6 Å². The molecule has 0 saturated carbocycles. The number of aromatic amines is 2. The molecule has 4 aromatic carbocycles. The summed E-state index contributed by atoms with van der Waals surface area (Å²) in [4.78, 5) is 29.9. The second kappa shape index (κ2) is 8.53. The van der Waals surface area contributed by atoms with E-state index in [9.17, 15) is 14.7 Å². The van der Waals surface area contributed by atoms with Crippen molar-refractivity contribution < 1.29 is 18.7 Å². The van der Waals surface area contributed by atoms with Crippen molar-refractivity contribution in [3.8, 4) is 11.5 Å². The molecule has 4 heterocycles. The number of H-pyrrole nitrogens is 2. The summed E-state index contributed by atoms with van der Waals surface area (Å²) >= 11 is 0. The average molecular weight is 517 g/mol. The van der Waals surface area contributed by atoms with Gasteiger partial charge in [0.1, 0.15) is 22.7 Å². The minimum atomic E-state index is -0.158. The maximum Gasteiger partial charge on any atom is 0.256 e. The molecule has 39 heavy (non-hydrogen) atoms. The van der Waals surface area contributed by atoms with Crippen LogP contribution in [0.25, 0.3) is 65.7 Å². The van der Waals surface area contributed by atoms with Crippen LogP contribution in [0, 0.1) is 0 Å². The first-order valence-corrected chi connectivity index (χ1v) is 12.2. The largest absolute Gasteiger partial charge is 0.508 e. The number of fused-ring (bicyclic) bond motifs is 10. The van der Waals surface area contributed by atoms with Gasteiger partial charge in [0.05, 0.1) is 28.9 Å². The Bertz CT molecular complexity index is 2340. The summed E-state index contributed by atoms with van der Waals surface area (Å²) in [5.41, 5.74) is 3.76. The maximum atomic E-state index is 12.2. The van der Waals surface area contributed by atoms with Gasteiger partial charge in [0.25, 0.3) is 11.1 Å². The number of aromatic hydroxyl groups is 1. The quantitative estimate of drug-likeness (QED) is 0.227. The molecule has 0 unspecified atom stereocenters. The van der Waals surface area contributed by atoms with Crippen molar-refractivity contribution >= 4 is 65.7 Å². The Morgan fingerprint density at radius 3 is 1.64 bits per heavy atom.